The number of benzene rings is 1. The first kappa shape index (κ1) is 11.4. The van der Waals surface area contributed by atoms with Gasteiger partial charge in [-0.3, -0.25) is 0 Å². The summed E-state index contributed by atoms with van der Waals surface area (Å²) in [5.74, 6) is 0.536. The lowest BCUT2D eigenvalue weighted by molar-refractivity contribution is 0.355. The summed E-state index contributed by atoms with van der Waals surface area (Å²) in [5.41, 5.74) is 1.09. The van der Waals surface area contributed by atoms with Crippen LogP contribution in [0.15, 0.2) is 24.3 Å². The fourth-order valence-corrected chi connectivity index (χ4v) is 2.31. The Morgan fingerprint density at radius 1 is 1.25 bits per heavy atom. The number of piperidine rings is 1. The van der Waals surface area contributed by atoms with Gasteiger partial charge in [-0.05, 0) is 43.1 Å². The topological polar surface area (TPSA) is 15.3 Å². The van der Waals surface area contributed by atoms with Crippen LogP contribution in [0.1, 0.15) is 13.3 Å². The van der Waals surface area contributed by atoms with Crippen molar-refractivity contribution < 1.29 is 4.39 Å². The van der Waals surface area contributed by atoms with Crippen LogP contribution in [0.4, 0.5) is 10.1 Å². The maximum absolute atomic E-state index is 12.8. The quantitative estimate of drug-likeness (QED) is 0.825. The highest BCUT2D eigenvalue weighted by Gasteiger charge is 2.22. The third-order valence-electron chi connectivity index (χ3n) is 3.33. The van der Waals surface area contributed by atoms with E-state index in [-0.39, 0.29) is 5.82 Å². The number of nitrogens with one attached hydrogen (secondary N) is 1. The predicted molar refractivity (Wildman–Crippen MR) is 65.2 cm³/mol. The van der Waals surface area contributed by atoms with Crippen molar-refractivity contribution >= 4 is 5.69 Å². The largest absolute Gasteiger partial charge is 0.370 e. The summed E-state index contributed by atoms with van der Waals surface area (Å²) in [7, 11) is 2.08. The Morgan fingerprint density at radius 3 is 2.56 bits per heavy atom. The summed E-state index contributed by atoms with van der Waals surface area (Å²) in [4.78, 5) is 2.24. The van der Waals surface area contributed by atoms with Crippen molar-refractivity contribution in [3.05, 3.63) is 30.1 Å². The molecular weight excluding hydrogens is 203 g/mol. The first-order valence-electron chi connectivity index (χ1n) is 5.86. The molecule has 0 saturated carbocycles. The fraction of sp³-hybridized carbons (Fsp3) is 0.538. The highest BCUT2D eigenvalue weighted by Crippen LogP contribution is 2.21. The van der Waals surface area contributed by atoms with Crippen LogP contribution >= 0.6 is 0 Å². The molecule has 88 valence electrons. The molecule has 1 heterocycles. The van der Waals surface area contributed by atoms with Gasteiger partial charge in [-0.1, -0.05) is 6.92 Å². The van der Waals surface area contributed by atoms with E-state index in [1.54, 1.807) is 0 Å². The molecule has 0 aromatic heterocycles. The maximum atomic E-state index is 12.8. The highest BCUT2D eigenvalue weighted by molar-refractivity contribution is 5.46. The second-order valence-corrected chi connectivity index (χ2v) is 4.74. The van der Waals surface area contributed by atoms with Crippen molar-refractivity contribution in [2.45, 2.75) is 19.4 Å². The van der Waals surface area contributed by atoms with E-state index in [4.69, 9.17) is 0 Å². The highest BCUT2D eigenvalue weighted by atomic mass is 19.1. The molecular formula is C13H19FN2. The van der Waals surface area contributed by atoms with Gasteiger partial charge < -0.3 is 10.2 Å². The first-order valence-corrected chi connectivity index (χ1v) is 5.86. The molecule has 2 rings (SSSR count). The number of hydrogen-bond donors (Lipinski definition) is 1. The van der Waals surface area contributed by atoms with Gasteiger partial charge in [-0.25, -0.2) is 4.39 Å². The van der Waals surface area contributed by atoms with E-state index in [1.165, 1.54) is 18.6 Å². The zero-order chi connectivity index (χ0) is 11.5. The molecule has 0 spiro atoms. The normalized spacial score (nSPS) is 25.4. The molecule has 0 amide bonds. The second kappa shape index (κ2) is 4.83. The molecule has 0 radical (unpaired) electrons. The van der Waals surface area contributed by atoms with Crippen molar-refractivity contribution in [1.82, 2.24) is 5.32 Å². The first-order chi connectivity index (χ1) is 7.66. The zero-order valence-corrected chi connectivity index (χ0v) is 9.91. The average Bonchev–Trinajstić information content (AvgIpc) is 2.29. The van der Waals surface area contributed by atoms with E-state index in [1.807, 2.05) is 12.1 Å². The molecule has 1 aromatic rings. The Bertz CT molecular complexity index is 336. The molecule has 0 aliphatic carbocycles. The number of hydrogen-bond acceptors (Lipinski definition) is 2. The van der Waals surface area contributed by atoms with Gasteiger partial charge in [0.1, 0.15) is 5.82 Å². The SMILES string of the molecule is CC1CNCC(N(C)c2ccc(F)cc2)C1. The summed E-state index contributed by atoms with van der Waals surface area (Å²) in [6, 6.07) is 7.23. The van der Waals surface area contributed by atoms with Crippen molar-refractivity contribution in [3.8, 4) is 0 Å². The van der Waals surface area contributed by atoms with Crippen molar-refractivity contribution in [1.29, 1.82) is 0 Å². The lowest BCUT2D eigenvalue weighted by Gasteiger charge is -2.36. The fourth-order valence-electron chi connectivity index (χ4n) is 2.31. The summed E-state index contributed by atoms with van der Waals surface area (Å²) >= 11 is 0. The van der Waals surface area contributed by atoms with E-state index >= 15 is 0 Å². The molecule has 2 atom stereocenters. The van der Waals surface area contributed by atoms with E-state index < -0.39 is 0 Å². The van der Waals surface area contributed by atoms with Crippen LogP contribution in [0.2, 0.25) is 0 Å². The van der Waals surface area contributed by atoms with E-state index in [0.717, 1.165) is 18.8 Å². The van der Waals surface area contributed by atoms with Crippen LogP contribution in [0, 0.1) is 11.7 Å². The summed E-state index contributed by atoms with van der Waals surface area (Å²) < 4.78 is 12.8. The number of anilines is 1. The predicted octanol–water partition coefficient (Wildman–Crippen LogP) is 2.26. The van der Waals surface area contributed by atoms with Crippen molar-refractivity contribution in [2.75, 3.05) is 25.0 Å². The van der Waals surface area contributed by atoms with Crippen LogP contribution in [-0.2, 0) is 0 Å². The molecule has 0 bridgehead atoms. The molecule has 1 saturated heterocycles. The number of nitrogens with zero attached hydrogens (tertiary/aromatic N) is 1. The van der Waals surface area contributed by atoms with E-state index in [9.17, 15) is 4.39 Å². The number of likely N-dealkylation sites (N-methyl/N-ethyl adjacent to an activating group) is 1. The summed E-state index contributed by atoms with van der Waals surface area (Å²) in [6.45, 7) is 4.38. The van der Waals surface area contributed by atoms with Gasteiger partial charge >= 0.3 is 0 Å². The molecule has 3 heteroatoms. The standard InChI is InChI=1S/C13H19FN2/c1-10-7-13(9-15-8-10)16(2)12-5-3-11(14)4-6-12/h3-6,10,13,15H,7-9H2,1-2H3. The third-order valence-corrected chi connectivity index (χ3v) is 3.33. The molecule has 2 nitrogen and oxygen atoms in total. The lowest BCUT2D eigenvalue weighted by atomic mass is 9.96. The number of rotatable bonds is 2. The van der Waals surface area contributed by atoms with Crippen molar-refractivity contribution in [3.63, 3.8) is 0 Å². The van der Waals surface area contributed by atoms with Crippen LogP contribution in [-0.4, -0.2) is 26.2 Å². The lowest BCUT2D eigenvalue weighted by Crippen LogP contribution is -2.47. The molecule has 1 aliphatic heterocycles. The van der Waals surface area contributed by atoms with Gasteiger partial charge in [0.15, 0.2) is 0 Å². The van der Waals surface area contributed by atoms with Gasteiger partial charge in [0.25, 0.3) is 0 Å². The summed E-state index contributed by atoms with van der Waals surface area (Å²) in [6.07, 6.45) is 1.20. The van der Waals surface area contributed by atoms with E-state index in [2.05, 4.69) is 24.2 Å². The maximum Gasteiger partial charge on any atom is 0.123 e. The minimum Gasteiger partial charge on any atom is -0.370 e. The zero-order valence-electron chi connectivity index (χ0n) is 9.91. The number of halogens is 1. The van der Waals surface area contributed by atoms with Gasteiger partial charge in [0.05, 0.1) is 0 Å². The van der Waals surface area contributed by atoms with Gasteiger partial charge in [-0.15, -0.1) is 0 Å². The van der Waals surface area contributed by atoms with Crippen molar-refractivity contribution in [2.24, 2.45) is 5.92 Å². The van der Waals surface area contributed by atoms with Gasteiger partial charge in [-0.2, -0.15) is 0 Å². The monoisotopic (exact) mass is 222 g/mol. The average molecular weight is 222 g/mol. The Morgan fingerprint density at radius 2 is 1.94 bits per heavy atom. The van der Waals surface area contributed by atoms with Gasteiger partial charge in [0.2, 0.25) is 0 Å². The molecule has 16 heavy (non-hydrogen) atoms. The van der Waals surface area contributed by atoms with Gasteiger partial charge in [0, 0.05) is 25.3 Å². The Kier molecular flexibility index (Phi) is 3.44. The van der Waals surface area contributed by atoms with Crippen LogP contribution in [0.3, 0.4) is 0 Å². The molecule has 1 aliphatic rings. The second-order valence-electron chi connectivity index (χ2n) is 4.74. The minimum atomic E-state index is -0.174. The minimum absolute atomic E-state index is 0.174. The van der Waals surface area contributed by atoms with Crippen LogP contribution < -0.4 is 10.2 Å². The summed E-state index contributed by atoms with van der Waals surface area (Å²) in [5, 5.41) is 3.43. The molecule has 1 N–H and O–H groups in total. The Balaban J connectivity index is 2.06. The molecule has 1 aromatic carbocycles. The van der Waals surface area contributed by atoms with E-state index in [0.29, 0.717) is 12.0 Å². The Labute approximate surface area is 96.5 Å². The Hall–Kier alpha value is -1.09. The van der Waals surface area contributed by atoms with Crippen LogP contribution in [0.25, 0.3) is 0 Å². The van der Waals surface area contributed by atoms with Crippen LogP contribution in [0.5, 0.6) is 0 Å². The third kappa shape index (κ3) is 2.53. The smallest absolute Gasteiger partial charge is 0.123 e. The molecule has 1 fully saturated rings. The molecule has 2 unspecified atom stereocenters.